The van der Waals surface area contributed by atoms with Crippen LogP contribution in [0.5, 0.6) is 0 Å². The Labute approximate surface area is 90.2 Å². The van der Waals surface area contributed by atoms with Crippen LogP contribution in [0.4, 0.5) is 0 Å². The predicted octanol–water partition coefficient (Wildman–Crippen LogP) is 2.46. The van der Waals surface area contributed by atoms with Crippen LogP contribution in [0.3, 0.4) is 0 Å². The van der Waals surface area contributed by atoms with Crippen LogP contribution < -0.4 is 0 Å². The molecular formula is C13H16O2. The van der Waals surface area contributed by atoms with Gasteiger partial charge in [-0.15, -0.1) is 0 Å². The SMILES string of the molecule is OC(COC1C=CCC1)c1ccccc1. The third-order valence-corrected chi connectivity index (χ3v) is 2.62. The molecule has 0 heterocycles. The molecule has 0 bridgehead atoms. The molecule has 15 heavy (non-hydrogen) atoms. The summed E-state index contributed by atoms with van der Waals surface area (Å²) < 4.78 is 5.58. The van der Waals surface area contributed by atoms with Crippen LogP contribution in [0.2, 0.25) is 0 Å². The maximum Gasteiger partial charge on any atom is 0.102 e. The van der Waals surface area contributed by atoms with Crippen LogP contribution in [0.1, 0.15) is 24.5 Å². The molecule has 2 unspecified atom stereocenters. The van der Waals surface area contributed by atoms with Crippen molar-refractivity contribution in [3.8, 4) is 0 Å². The summed E-state index contributed by atoms with van der Waals surface area (Å²) in [5.41, 5.74) is 0.916. The maximum absolute atomic E-state index is 9.83. The number of hydrogen-bond donors (Lipinski definition) is 1. The van der Waals surface area contributed by atoms with Gasteiger partial charge < -0.3 is 9.84 Å². The molecule has 2 rings (SSSR count). The van der Waals surface area contributed by atoms with Gasteiger partial charge in [-0.05, 0) is 18.4 Å². The first-order valence-corrected chi connectivity index (χ1v) is 5.37. The fraction of sp³-hybridized carbons (Fsp3) is 0.385. The molecule has 0 amide bonds. The average Bonchev–Trinajstić information content (AvgIpc) is 2.80. The van der Waals surface area contributed by atoms with Crippen LogP contribution in [-0.4, -0.2) is 17.8 Å². The number of ether oxygens (including phenoxy) is 1. The second-order valence-electron chi connectivity index (χ2n) is 3.80. The summed E-state index contributed by atoms with van der Waals surface area (Å²) in [5, 5.41) is 9.83. The molecule has 0 fully saturated rings. The van der Waals surface area contributed by atoms with Gasteiger partial charge in [0.1, 0.15) is 6.10 Å². The van der Waals surface area contributed by atoms with Crippen molar-refractivity contribution in [2.45, 2.75) is 25.0 Å². The van der Waals surface area contributed by atoms with Gasteiger partial charge in [0.25, 0.3) is 0 Å². The Morgan fingerprint density at radius 1 is 1.33 bits per heavy atom. The van der Waals surface area contributed by atoms with E-state index in [2.05, 4.69) is 12.2 Å². The Morgan fingerprint density at radius 3 is 2.80 bits per heavy atom. The highest BCUT2D eigenvalue weighted by molar-refractivity contribution is 5.17. The van der Waals surface area contributed by atoms with Crippen LogP contribution >= 0.6 is 0 Å². The smallest absolute Gasteiger partial charge is 0.102 e. The maximum atomic E-state index is 9.83. The Balaban J connectivity index is 1.82. The number of aliphatic hydroxyl groups is 1. The van der Waals surface area contributed by atoms with Crippen LogP contribution in [0.15, 0.2) is 42.5 Å². The lowest BCUT2D eigenvalue weighted by molar-refractivity contribution is 0.00910. The lowest BCUT2D eigenvalue weighted by Gasteiger charge is -2.14. The average molecular weight is 204 g/mol. The molecule has 0 spiro atoms. The van der Waals surface area contributed by atoms with E-state index in [9.17, 15) is 5.11 Å². The van der Waals surface area contributed by atoms with Gasteiger partial charge in [-0.1, -0.05) is 42.5 Å². The topological polar surface area (TPSA) is 29.5 Å². The van der Waals surface area contributed by atoms with Crippen molar-refractivity contribution in [1.82, 2.24) is 0 Å². The van der Waals surface area contributed by atoms with Gasteiger partial charge in [-0.25, -0.2) is 0 Å². The molecule has 2 heteroatoms. The van der Waals surface area contributed by atoms with Crippen molar-refractivity contribution < 1.29 is 9.84 Å². The fourth-order valence-electron chi connectivity index (χ4n) is 1.73. The summed E-state index contributed by atoms with van der Waals surface area (Å²) in [7, 11) is 0. The molecule has 1 aromatic rings. The fourth-order valence-corrected chi connectivity index (χ4v) is 1.73. The summed E-state index contributed by atoms with van der Waals surface area (Å²) in [4.78, 5) is 0. The van der Waals surface area contributed by atoms with Gasteiger partial charge in [0.15, 0.2) is 0 Å². The van der Waals surface area contributed by atoms with Gasteiger partial charge in [-0.2, -0.15) is 0 Å². The van der Waals surface area contributed by atoms with E-state index in [1.807, 2.05) is 30.3 Å². The van der Waals surface area contributed by atoms with Crippen LogP contribution in [-0.2, 0) is 4.74 Å². The van der Waals surface area contributed by atoms with Gasteiger partial charge >= 0.3 is 0 Å². The number of rotatable bonds is 4. The second kappa shape index (κ2) is 5.10. The molecule has 0 aromatic heterocycles. The number of aliphatic hydroxyl groups excluding tert-OH is 1. The van der Waals surface area contributed by atoms with E-state index in [1.165, 1.54) is 0 Å². The van der Waals surface area contributed by atoms with Gasteiger partial charge in [-0.3, -0.25) is 0 Å². The van der Waals surface area contributed by atoms with Crippen molar-refractivity contribution in [3.05, 3.63) is 48.0 Å². The highest BCUT2D eigenvalue weighted by atomic mass is 16.5. The molecule has 0 aliphatic heterocycles. The van der Waals surface area contributed by atoms with Gasteiger partial charge in [0.05, 0.1) is 12.7 Å². The zero-order chi connectivity index (χ0) is 10.5. The molecule has 1 N–H and O–H groups in total. The Hall–Kier alpha value is -1.12. The summed E-state index contributed by atoms with van der Waals surface area (Å²) in [5.74, 6) is 0. The standard InChI is InChI=1S/C13H16O2/c14-13(11-6-2-1-3-7-11)10-15-12-8-4-5-9-12/h1-4,6-8,12-14H,5,9-10H2. The first-order valence-electron chi connectivity index (χ1n) is 5.37. The van der Waals surface area contributed by atoms with Crippen molar-refractivity contribution in [2.75, 3.05) is 6.61 Å². The predicted molar refractivity (Wildman–Crippen MR) is 59.5 cm³/mol. The third-order valence-electron chi connectivity index (χ3n) is 2.62. The van der Waals surface area contributed by atoms with E-state index < -0.39 is 6.10 Å². The molecule has 1 aliphatic carbocycles. The van der Waals surface area contributed by atoms with Gasteiger partial charge in [0.2, 0.25) is 0 Å². The minimum absolute atomic E-state index is 0.198. The van der Waals surface area contributed by atoms with E-state index in [0.29, 0.717) is 6.61 Å². The van der Waals surface area contributed by atoms with Crippen molar-refractivity contribution in [1.29, 1.82) is 0 Å². The van der Waals surface area contributed by atoms with E-state index in [0.717, 1.165) is 18.4 Å². The van der Waals surface area contributed by atoms with E-state index in [1.54, 1.807) is 0 Å². The summed E-state index contributed by atoms with van der Waals surface area (Å²) >= 11 is 0. The summed E-state index contributed by atoms with van der Waals surface area (Å²) in [6, 6.07) is 9.62. The molecular weight excluding hydrogens is 188 g/mol. The summed E-state index contributed by atoms with van der Waals surface area (Å²) in [6.07, 6.45) is 6.01. The normalized spacial score (nSPS) is 21.8. The first kappa shape index (κ1) is 10.4. The van der Waals surface area contributed by atoms with E-state index in [-0.39, 0.29) is 6.10 Å². The Kier molecular flexibility index (Phi) is 3.54. The Bertz CT molecular complexity index is 319. The largest absolute Gasteiger partial charge is 0.386 e. The lowest BCUT2D eigenvalue weighted by Crippen LogP contribution is -2.13. The molecule has 80 valence electrons. The number of allylic oxidation sites excluding steroid dienone is 1. The number of hydrogen-bond acceptors (Lipinski definition) is 2. The third kappa shape index (κ3) is 2.91. The zero-order valence-corrected chi connectivity index (χ0v) is 8.67. The molecule has 1 aromatic carbocycles. The zero-order valence-electron chi connectivity index (χ0n) is 8.67. The van der Waals surface area contributed by atoms with Crippen molar-refractivity contribution in [2.24, 2.45) is 0 Å². The van der Waals surface area contributed by atoms with Crippen LogP contribution in [0, 0.1) is 0 Å². The number of benzene rings is 1. The minimum Gasteiger partial charge on any atom is -0.386 e. The molecule has 1 aliphatic rings. The lowest BCUT2D eigenvalue weighted by atomic mass is 10.1. The molecule has 0 saturated heterocycles. The minimum atomic E-state index is -0.514. The second-order valence-corrected chi connectivity index (χ2v) is 3.80. The highest BCUT2D eigenvalue weighted by Crippen LogP contribution is 2.17. The van der Waals surface area contributed by atoms with Crippen LogP contribution in [0.25, 0.3) is 0 Å². The molecule has 2 atom stereocenters. The quantitative estimate of drug-likeness (QED) is 0.763. The summed E-state index contributed by atoms with van der Waals surface area (Å²) in [6.45, 7) is 0.374. The van der Waals surface area contributed by atoms with Crippen molar-refractivity contribution in [3.63, 3.8) is 0 Å². The monoisotopic (exact) mass is 204 g/mol. The Morgan fingerprint density at radius 2 is 2.13 bits per heavy atom. The molecule has 0 radical (unpaired) electrons. The highest BCUT2D eigenvalue weighted by Gasteiger charge is 2.13. The van der Waals surface area contributed by atoms with E-state index >= 15 is 0 Å². The van der Waals surface area contributed by atoms with E-state index in [4.69, 9.17) is 4.74 Å². The first-order chi connectivity index (χ1) is 7.36. The van der Waals surface area contributed by atoms with Gasteiger partial charge in [0, 0.05) is 0 Å². The molecule has 2 nitrogen and oxygen atoms in total. The van der Waals surface area contributed by atoms with Crippen molar-refractivity contribution >= 4 is 0 Å². The molecule has 0 saturated carbocycles.